The molecular weight excluding hydrogens is 274 g/mol. The number of aryl methyl sites for hydroxylation is 2. The summed E-state index contributed by atoms with van der Waals surface area (Å²) in [5.41, 5.74) is 2.34. The van der Waals surface area contributed by atoms with Crippen molar-refractivity contribution in [2.45, 2.75) is 26.3 Å². The van der Waals surface area contributed by atoms with Gasteiger partial charge in [-0.3, -0.25) is 4.79 Å². The number of carboxylic acids is 1. The molecule has 0 bridgehead atoms. The Hall–Kier alpha value is -2.70. The predicted octanol–water partition coefficient (Wildman–Crippen LogP) is 1.17. The third-order valence-electron chi connectivity index (χ3n) is 3.00. The van der Waals surface area contributed by atoms with Crippen LogP contribution in [0, 0.1) is 13.8 Å². The lowest BCUT2D eigenvalue weighted by atomic mass is 10.0. The van der Waals surface area contributed by atoms with Crippen LogP contribution in [0.1, 0.15) is 28.6 Å². The van der Waals surface area contributed by atoms with E-state index in [2.05, 4.69) is 20.3 Å². The summed E-state index contributed by atoms with van der Waals surface area (Å²) in [6.07, 6.45) is -0.0784. The number of aromatic nitrogens is 2. The van der Waals surface area contributed by atoms with Crippen molar-refractivity contribution in [3.05, 3.63) is 46.8 Å². The van der Waals surface area contributed by atoms with Crippen LogP contribution in [0.3, 0.4) is 0 Å². The molecule has 0 spiro atoms. The van der Waals surface area contributed by atoms with Crippen molar-refractivity contribution >= 4 is 11.9 Å². The number of amides is 1. The molecule has 2 rings (SSSR count). The van der Waals surface area contributed by atoms with Crippen molar-refractivity contribution in [3.63, 3.8) is 0 Å². The molecule has 110 valence electrons. The Morgan fingerprint density at radius 3 is 2.67 bits per heavy atom. The van der Waals surface area contributed by atoms with E-state index in [-0.39, 0.29) is 6.42 Å². The summed E-state index contributed by atoms with van der Waals surface area (Å²) in [5.74, 6) is -1.58. The molecule has 2 N–H and O–H groups in total. The van der Waals surface area contributed by atoms with Gasteiger partial charge < -0.3 is 10.4 Å². The van der Waals surface area contributed by atoms with E-state index in [0.29, 0.717) is 17.0 Å². The van der Waals surface area contributed by atoms with Gasteiger partial charge in [-0.05, 0) is 19.4 Å². The van der Waals surface area contributed by atoms with Crippen LogP contribution in [0.4, 0.5) is 0 Å². The summed E-state index contributed by atoms with van der Waals surface area (Å²) in [4.78, 5) is 23.3. The van der Waals surface area contributed by atoms with Gasteiger partial charge >= 0.3 is 5.97 Å². The summed E-state index contributed by atoms with van der Waals surface area (Å²) in [6.45, 7) is 3.52. The lowest BCUT2D eigenvalue weighted by molar-refractivity contribution is -0.142. The second-order valence-corrected chi connectivity index (χ2v) is 4.73. The van der Waals surface area contributed by atoms with E-state index in [1.165, 1.54) is 0 Å². The summed E-state index contributed by atoms with van der Waals surface area (Å²) in [6, 6.07) is 5.89. The predicted molar refractivity (Wildman–Crippen MR) is 72.4 cm³/mol. The molecule has 1 heterocycles. The maximum Gasteiger partial charge on any atom is 0.330 e. The number of rotatable bonds is 5. The van der Waals surface area contributed by atoms with E-state index < -0.39 is 17.9 Å². The fraction of sp³-hybridized carbons (Fsp3) is 0.286. The standard InChI is InChI=1S/C14H15N3O4/c1-8-4-3-5-10(6-8)13(14(19)20)15-12(18)7-11-9(2)16-21-17-11/h3-6,13H,7H2,1-2H3,(H,15,18)(H,19,20)/t13-/m1/s1. The highest BCUT2D eigenvalue weighted by atomic mass is 16.6. The van der Waals surface area contributed by atoms with Crippen LogP contribution in [-0.4, -0.2) is 27.3 Å². The number of carboxylic acid groups (broad SMARTS) is 1. The molecule has 0 aliphatic heterocycles. The van der Waals surface area contributed by atoms with Crippen molar-refractivity contribution in [3.8, 4) is 0 Å². The molecule has 7 heteroatoms. The number of nitrogens with one attached hydrogen (secondary N) is 1. The summed E-state index contributed by atoms with van der Waals surface area (Å²) >= 11 is 0. The van der Waals surface area contributed by atoms with Gasteiger partial charge in [-0.25, -0.2) is 9.42 Å². The first-order chi connectivity index (χ1) is 9.97. The first-order valence-corrected chi connectivity index (χ1v) is 6.34. The van der Waals surface area contributed by atoms with Crippen molar-refractivity contribution in [1.29, 1.82) is 0 Å². The van der Waals surface area contributed by atoms with Crippen LogP contribution in [-0.2, 0) is 16.0 Å². The number of carbonyl (C=O) groups excluding carboxylic acids is 1. The molecule has 0 saturated heterocycles. The molecule has 0 saturated carbocycles. The molecule has 1 aromatic carbocycles. The van der Waals surface area contributed by atoms with Crippen molar-refractivity contribution < 1.29 is 19.3 Å². The molecule has 0 unspecified atom stereocenters. The van der Waals surface area contributed by atoms with Crippen LogP contribution in [0.5, 0.6) is 0 Å². The number of nitrogens with zero attached hydrogens (tertiary/aromatic N) is 2. The third-order valence-corrected chi connectivity index (χ3v) is 3.00. The van der Waals surface area contributed by atoms with Gasteiger partial charge in [-0.2, -0.15) is 0 Å². The van der Waals surface area contributed by atoms with Crippen LogP contribution in [0.15, 0.2) is 28.9 Å². The minimum absolute atomic E-state index is 0.0784. The molecule has 0 fully saturated rings. The van der Waals surface area contributed by atoms with Crippen molar-refractivity contribution in [1.82, 2.24) is 15.6 Å². The molecular formula is C14H15N3O4. The molecule has 0 aliphatic carbocycles. The smallest absolute Gasteiger partial charge is 0.330 e. The van der Waals surface area contributed by atoms with Gasteiger partial charge in [0.1, 0.15) is 11.4 Å². The third kappa shape index (κ3) is 3.65. The van der Waals surface area contributed by atoms with Crippen molar-refractivity contribution in [2.75, 3.05) is 0 Å². The van der Waals surface area contributed by atoms with E-state index in [1.807, 2.05) is 13.0 Å². The Morgan fingerprint density at radius 1 is 1.33 bits per heavy atom. The minimum Gasteiger partial charge on any atom is -0.479 e. The Morgan fingerprint density at radius 2 is 2.10 bits per heavy atom. The van der Waals surface area contributed by atoms with Gasteiger partial charge in [0.05, 0.1) is 6.42 Å². The van der Waals surface area contributed by atoms with Gasteiger partial charge in [0, 0.05) is 0 Å². The van der Waals surface area contributed by atoms with Crippen molar-refractivity contribution in [2.24, 2.45) is 0 Å². The zero-order chi connectivity index (χ0) is 15.4. The van der Waals surface area contributed by atoms with Crippen LogP contribution in [0.25, 0.3) is 0 Å². The number of hydrogen-bond acceptors (Lipinski definition) is 5. The lowest BCUT2D eigenvalue weighted by Crippen LogP contribution is -2.34. The molecule has 1 amide bonds. The molecule has 1 aromatic heterocycles. The summed E-state index contributed by atoms with van der Waals surface area (Å²) in [7, 11) is 0. The highest BCUT2D eigenvalue weighted by Crippen LogP contribution is 2.15. The second-order valence-electron chi connectivity index (χ2n) is 4.73. The van der Waals surface area contributed by atoms with Gasteiger partial charge in [0.25, 0.3) is 0 Å². The highest BCUT2D eigenvalue weighted by Gasteiger charge is 2.23. The first kappa shape index (κ1) is 14.7. The zero-order valence-electron chi connectivity index (χ0n) is 11.7. The maximum absolute atomic E-state index is 12.0. The topological polar surface area (TPSA) is 105 Å². The number of carbonyl (C=O) groups is 2. The molecule has 0 radical (unpaired) electrons. The SMILES string of the molecule is Cc1cccc([C@@H](NC(=O)Cc2nonc2C)C(=O)O)c1. The largest absolute Gasteiger partial charge is 0.479 e. The minimum atomic E-state index is -1.12. The Bertz CT molecular complexity index is 666. The van der Waals surface area contributed by atoms with E-state index in [9.17, 15) is 14.7 Å². The van der Waals surface area contributed by atoms with Crippen LogP contribution in [0.2, 0.25) is 0 Å². The van der Waals surface area contributed by atoms with Gasteiger partial charge in [-0.1, -0.05) is 40.1 Å². The summed E-state index contributed by atoms with van der Waals surface area (Å²) < 4.78 is 4.50. The van der Waals surface area contributed by atoms with E-state index in [4.69, 9.17) is 0 Å². The summed E-state index contributed by atoms with van der Waals surface area (Å²) in [5, 5.41) is 18.9. The zero-order valence-corrected chi connectivity index (χ0v) is 11.7. The second kappa shape index (κ2) is 6.17. The fourth-order valence-electron chi connectivity index (χ4n) is 1.91. The first-order valence-electron chi connectivity index (χ1n) is 6.34. The Balaban J connectivity index is 2.12. The molecule has 21 heavy (non-hydrogen) atoms. The average Bonchev–Trinajstić information content (AvgIpc) is 2.81. The Labute approximate surface area is 120 Å². The van der Waals surface area contributed by atoms with Crippen LogP contribution < -0.4 is 5.32 Å². The van der Waals surface area contributed by atoms with Gasteiger partial charge in [-0.15, -0.1) is 0 Å². The fourth-order valence-corrected chi connectivity index (χ4v) is 1.91. The molecule has 0 aliphatic rings. The van der Waals surface area contributed by atoms with Gasteiger partial charge in [0.15, 0.2) is 6.04 Å². The molecule has 1 atom stereocenters. The monoisotopic (exact) mass is 289 g/mol. The number of hydrogen-bond donors (Lipinski definition) is 2. The average molecular weight is 289 g/mol. The highest BCUT2D eigenvalue weighted by molar-refractivity contribution is 5.85. The van der Waals surface area contributed by atoms with E-state index >= 15 is 0 Å². The quantitative estimate of drug-likeness (QED) is 0.856. The molecule has 2 aromatic rings. The van der Waals surface area contributed by atoms with E-state index in [1.54, 1.807) is 25.1 Å². The number of benzene rings is 1. The van der Waals surface area contributed by atoms with E-state index in [0.717, 1.165) is 5.56 Å². The maximum atomic E-state index is 12.0. The lowest BCUT2D eigenvalue weighted by Gasteiger charge is -2.15. The Kier molecular flexibility index (Phi) is 4.32. The normalized spacial score (nSPS) is 11.9. The van der Waals surface area contributed by atoms with Crippen LogP contribution >= 0.6 is 0 Å². The number of aliphatic carboxylic acids is 1. The van der Waals surface area contributed by atoms with Gasteiger partial charge in [0.2, 0.25) is 5.91 Å². The molecule has 7 nitrogen and oxygen atoms in total.